The van der Waals surface area contributed by atoms with Gasteiger partial charge in [0.05, 0.1) is 18.6 Å². The molecule has 0 aromatic heterocycles. The highest BCUT2D eigenvalue weighted by Crippen LogP contribution is 2.38. The fourth-order valence-electron chi connectivity index (χ4n) is 2.57. The summed E-state index contributed by atoms with van der Waals surface area (Å²) in [4.78, 5) is 25.0. The van der Waals surface area contributed by atoms with E-state index in [2.05, 4.69) is 0 Å². The molecule has 2 rings (SSSR count). The number of halogens is 1. The molecule has 20 heavy (non-hydrogen) atoms. The zero-order valence-corrected chi connectivity index (χ0v) is 11.8. The second-order valence-corrected chi connectivity index (χ2v) is 5.17. The molecule has 1 N–H and O–H groups in total. The molecule has 0 spiro atoms. The van der Waals surface area contributed by atoms with Gasteiger partial charge in [0.2, 0.25) is 5.91 Å². The number of amides is 1. The zero-order valence-electron chi connectivity index (χ0n) is 11.1. The van der Waals surface area contributed by atoms with E-state index in [0.29, 0.717) is 18.2 Å². The zero-order chi connectivity index (χ0) is 14.7. The number of methoxy groups -OCH3 is 1. The van der Waals surface area contributed by atoms with Crippen molar-refractivity contribution in [1.29, 1.82) is 0 Å². The lowest BCUT2D eigenvalue weighted by Crippen LogP contribution is -2.33. The maximum absolute atomic E-state index is 12.0. The van der Waals surface area contributed by atoms with Crippen LogP contribution in [0.15, 0.2) is 24.3 Å². The molecule has 1 amide bonds. The summed E-state index contributed by atoms with van der Waals surface area (Å²) < 4.78 is 4.99. The molecule has 0 aliphatic carbocycles. The standard InChI is InChI=1S/C14H16ClNO4/c1-20-6-5-16-12(17)8-11(14(18)19)13(16)9-3-2-4-10(15)7-9/h2-4,7,11,13H,5-6,8H2,1H3,(H,18,19). The van der Waals surface area contributed by atoms with Crippen LogP contribution in [-0.4, -0.2) is 42.1 Å². The Labute approximate surface area is 122 Å². The number of carbonyl (C=O) groups excluding carboxylic acids is 1. The number of carbonyl (C=O) groups is 2. The molecule has 1 aliphatic heterocycles. The van der Waals surface area contributed by atoms with Crippen molar-refractivity contribution in [2.24, 2.45) is 5.92 Å². The van der Waals surface area contributed by atoms with Gasteiger partial charge < -0.3 is 14.7 Å². The average molecular weight is 298 g/mol. The van der Waals surface area contributed by atoms with Crippen LogP contribution in [0.5, 0.6) is 0 Å². The number of ether oxygens (including phenoxy) is 1. The van der Waals surface area contributed by atoms with E-state index < -0.39 is 17.9 Å². The first kappa shape index (κ1) is 14.8. The molecule has 1 aromatic rings. The van der Waals surface area contributed by atoms with Crippen molar-refractivity contribution < 1.29 is 19.4 Å². The molecule has 1 heterocycles. The largest absolute Gasteiger partial charge is 0.481 e. The van der Waals surface area contributed by atoms with Crippen molar-refractivity contribution in [2.75, 3.05) is 20.3 Å². The minimum Gasteiger partial charge on any atom is -0.481 e. The molecule has 1 saturated heterocycles. The van der Waals surface area contributed by atoms with Gasteiger partial charge in [-0.15, -0.1) is 0 Å². The van der Waals surface area contributed by atoms with Crippen molar-refractivity contribution >= 4 is 23.5 Å². The molecule has 2 unspecified atom stereocenters. The fourth-order valence-corrected chi connectivity index (χ4v) is 2.77. The van der Waals surface area contributed by atoms with Crippen LogP contribution in [0.4, 0.5) is 0 Å². The van der Waals surface area contributed by atoms with Gasteiger partial charge >= 0.3 is 5.97 Å². The summed E-state index contributed by atoms with van der Waals surface area (Å²) in [6.07, 6.45) is 0.0101. The fraction of sp³-hybridized carbons (Fsp3) is 0.429. The molecular formula is C14H16ClNO4. The number of likely N-dealkylation sites (tertiary alicyclic amines) is 1. The third kappa shape index (κ3) is 2.94. The first-order valence-electron chi connectivity index (χ1n) is 6.31. The van der Waals surface area contributed by atoms with Crippen molar-refractivity contribution in [2.45, 2.75) is 12.5 Å². The highest BCUT2D eigenvalue weighted by molar-refractivity contribution is 6.30. The lowest BCUT2D eigenvalue weighted by atomic mass is 9.94. The van der Waals surface area contributed by atoms with E-state index in [1.54, 1.807) is 36.3 Å². The van der Waals surface area contributed by atoms with Gasteiger partial charge in [0.25, 0.3) is 0 Å². The smallest absolute Gasteiger partial charge is 0.309 e. The quantitative estimate of drug-likeness (QED) is 0.902. The van der Waals surface area contributed by atoms with Gasteiger partial charge in [-0.2, -0.15) is 0 Å². The van der Waals surface area contributed by atoms with Crippen LogP contribution in [0.1, 0.15) is 18.0 Å². The van der Waals surface area contributed by atoms with Crippen LogP contribution in [0.2, 0.25) is 5.02 Å². The summed E-state index contributed by atoms with van der Waals surface area (Å²) in [5.41, 5.74) is 0.742. The summed E-state index contributed by atoms with van der Waals surface area (Å²) in [5.74, 6) is -1.89. The lowest BCUT2D eigenvalue weighted by Gasteiger charge is -2.27. The molecule has 1 fully saturated rings. The highest BCUT2D eigenvalue weighted by Gasteiger charge is 2.44. The third-order valence-electron chi connectivity index (χ3n) is 3.48. The Kier molecular flexibility index (Phi) is 4.62. The van der Waals surface area contributed by atoms with E-state index in [-0.39, 0.29) is 12.3 Å². The molecule has 6 heteroatoms. The molecule has 5 nitrogen and oxygen atoms in total. The number of carboxylic acids is 1. The van der Waals surface area contributed by atoms with Crippen molar-refractivity contribution in [3.63, 3.8) is 0 Å². The summed E-state index contributed by atoms with van der Waals surface area (Å²) in [7, 11) is 1.55. The van der Waals surface area contributed by atoms with E-state index in [0.717, 1.165) is 5.56 Å². The Hall–Kier alpha value is -1.59. The van der Waals surface area contributed by atoms with Gasteiger partial charge in [0.1, 0.15) is 0 Å². The topological polar surface area (TPSA) is 66.8 Å². The van der Waals surface area contributed by atoms with Crippen LogP contribution < -0.4 is 0 Å². The number of aliphatic carboxylic acids is 1. The van der Waals surface area contributed by atoms with Crippen molar-refractivity contribution in [3.8, 4) is 0 Å². The monoisotopic (exact) mass is 297 g/mol. The van der Waals surface area contributed by atoms with Crippen molar-refractivity contribution in [1.82, 2.24) is 4.90 Å². The molecule has 0 bridgehead atoms. The minimum absolute atomic E-state index is 0.0101. The van der Waals surface area contributed by atoms with E-state index in [4.69, 9.17) is 16.3 Å². The Morgan fingerprint density at radius 2 is 2.30 bits per heavy atom. The number of carboxylic acid groups (broad SMARTS) is 1. The molecule has 1 aromatic carbocycles. The highest BCUT2D eigenvalue weighted by atomic mass is 35.5. The number of rotatable bonds is 5. The van der Waals surface area contributed by atoms with E-state index in [9.17, 15) is 14.7 Å². The van der Waals surface area contributed by atoms with Gasteiger partial charge in [0, 0.05) is 25.1 Å². The van der Waals surface area contributed by atoms with Gasteiger partial charge in [-0.1, -0.05) is 23.7 Å². The van der Waals surface area contributed by atoms with Gasteiger partial charge in [-0.3, -0.25) is 9.59 Å². The number of benzene rings is 1. The van der Waals surface area contributed by atoms with Gasteiger partial charge in [-0.05, 0) is 17.7 Å². The molecular weight excluding hydrogens is 282 g/mol. The third-order valence-corrected chi connectivity index (χ3v) is 3.71. The second-order valence-electron chi connectivity index (χ2n) is 4.73. The van der Waals surface area contributed by atoms with Crippen molar-refractivity contribution in [3.05, 3.63) is 34.9 Å². The summed E-state index contributed by atoms with van der Waals surface area (Å²) in [5, 5.41) is 9.86. The number of hydrogen-bond donors (Lipinski definition) is 1. The number of hydrogen-bond acceptors (Lipinski definition) is 3. The Morgan fingerprint density at radius 3 is 2.90 bits per heavy atom. The van der Waals surface area contributed by atoms with Gasteiger partial charge in [0.15, 0.2) is 0 Å². The van der Waals surface area contributed by atoms with Crippen LogP contribution in [-0.2, 0) is 14.3 Å². The lowest BCUT2D eigenvalue weighted by molar-refractivity contribution is -0.142. The summed E-state index contributed by atoms with van der Waals surface area (Å²) in [6.45, 7) is 0.742. The molecule has 108 valence electrons. The summed E-state index contributed by atoms with van der Waals surface area (Å²) >= 11 is 5.96. The minimum atomic E-state index is -0.969. The SMILES string of the molecule is COCCN1C(=O)CC(C(=O)O)C1c1cccc(Cl)c1. The molecule has 0 radical (unpaired) electrons. The van der Waals surface area contributed by atoms with Crippen LogP contribution in [0.3, 0.4) is 0 Å². The molecule has 1 aliphatic rings. The van der Waals surface area contributed by atoms with E-state index in [1.165, 1.54) is 0 Å². The first-order chi connectivity index (χ1) is 9.54. The van der Waals surface area contributed by atoms with E-state index in [1.807, 2.05) is 0 Å². The molecule has 2 atom stereocenters. The van der Waals surface area contributed by atoms with E-state index >= 15 is 0 Å². The average Bonchev–Trinajstić information content (AvgIpc) is 2.73. The maximum Gasteiger partial charge on any atom is 0.309 e. The summed E-state index contributed by atoms with van der Waals surface area (Å²) in [6, 6.07) is 6.49. The Balaban J connectivity index is 2.35. The molecule has 0 saturated carbocycles. The Bertz CT molecular complexity index is 520. The second kappa shape index (κ2) is 6.24. The number of nitrogens with zero attached hydrogens (tertiary/aromatic N) is 1. The predicted molar refractivity (Wildman–Crippen MR) is 73.5 cm³/mol. The van der Waals surface area contributed by atoms with Crippen LogP contribution in [0.25, 0.3) is 0 Å². The van der Waals surface area contributed by atoms with Gasteiger partial charge in [-0.25, -0.2) is 0 Å². The normalized spacial score (nSPS) is 22.3. The van der Waals surface area contributed by atoms with Crippen LogP contribution >= 0.6 is 11.6 Å². The maximum atomic E-state index is 12.0. The Morgan fingerprint density at radius 1 is 1.55 bits per heavy atom. The predicted octanol–water partition coefficient (Wildman–Crippen LogP) is 1.96. The first-order valence-corrected chi connectivity index (χ1v) is 6.69. The van der Waals surface area contributed by atoms with Crippen LogP contribution in [0, 0.1) is 5.92 Å².